The van der Waals surface area contributed by atoms with Gasteiger partial charge in [-0.15, -0.1) is 5.10 Å². The van der Waals surface area contributed by atoms with E-state index in [1.165, 1.54) is 4.90 Å². The van der Waals surface area contributed by atoms with Gasteiger partial charge in [0.2, 0.25) is 0 Å². The van der Waals surface area contributed by atoms with Gasteiger partial charge >= 0.3 is 6.09 Å². The number of rotatable bonds is 15. The van der Waals surface area contributed by atoms with Crippen molar-refractivity contribution in [1.29, 1.82) is 0 Å². The van der Waals surface area contributed by atoms with Crippen LogP contribution in [0.25, 0.3) is 16.7 Å². The van der Waals surface area contributed by atoms with Crippen LogP contribution in [-0.2, 0) is 24.7 Å². The van der Waals surface area contributed by atoms with E-state index >= 15 is 0 Å². The molecular weight excluding hydrogens is 841 g/mol. The molecule has 0 saturated heterocycles. The summed E-state index contributed by atoms with van der Waals surface area (Å²) in [4.78, 5) is 20.0. The van der Waals surface area contributed by atoms with E-state index in [1.807, 2.05) is 133 Å². The fraction of sp³-hybridized carbons (Fsp3) is 0.0862. The maximum absolute atomic E-state index is 13.0. The number of carboxylic acid groups (broad SMARTS) is 1. The third-order valence-corrected chi connectivity index (χ3v) is 12.5. The minimum Gasteiger partial charge on any atom is -0.465 e. The van der Waals surface area contributed by atoms with Gasteiger partial charge in [0.25, 0.3) is 0 Å². The number of amides is 1. The SMILES string of the molecule is Cn1cc(C(=CCN(Cc2ccccc2)C(=O)O)c2cc(NC(c3ccccc3)(c3ccccc3)c3ccccc3)nc3c2nnn3C(c2ccccc2)(c2ccccc2)c2ccccc2)cn1. The van der Waals surface area contributed by atoms with E-state index < -0.39 is 17.2 Å². The van der Waals surface area contributed by atoms with Gasteiger partial charge in [-0.05, 0) is 50.6 Å². The van der Waals surface area contributed by atoms with Gasteiger partial charge in [0.15, 0.2) is 5.65 Å². The molecule has 7 aromatic carbocycles. The molecule has 3 aromatic heterocycles. The molecule has 1 amide bonds. The summed E-state index contributed by atoms with van der Waals surface area (Å²) in [6.07, 6.45) is 4.63. The number of hydrogen-bond acceptors (Lipinski definition) is 6. The second kappa shape index (κ2) is 18.9. The molecule has 0 spiro atoms. The van der Waals surface area contributed by atoms with Crippen LogP contribution in [0, 0.1) is 0 Å². The molecule has 3 heterocycles. The normalized spacial score (nSPS) is 11.9. The van der Waals surface area contributed by atoms with Crippen LogP contribution in [-0.4, -0.2) is 52.4 Å². The smallest absolute Gasteiger partial charge is 0.407 e. The fourth-order valence-electron chi connectivity index (χ4n) is 9.44. The first-order valence-corrected chi connectivity index (χ1v) is 22.5. The number of hydrogen-bond donors (Lipinski definition) is 2. The van der Waals surface area contributed by atoms with E-state index in [1.54, 1.807) is 10.9 Å². The third-order valence-electron chi connectivity index (χ3n) is 12.5. The van der Waals surface area contributed by atoms with E-state index in [9.17, 15) is 9.90 Å². The van der Waals surface area contributed by atoms with Gasteiger partial charge in [0.05, 0.1) is 6.20 Å². The quantitative estimate of drug-likeness (QED) is 0.0985. The molecule has 0 aliphatic heterocycles. The summed E-state index contributed by atoms with van der Waals surface area (Å²) in [7, 11) is 1.87. The number of anilines is 1. The number of aromatic nitrogens is 6. The number of pyridine rings is 1. The number of benzene rings is 7. The monoisotopic (exact) mass is 888 g/mol. The van der Waals surface area contributed by atoms with E-state index in [0.717, 1.165) is 50.1 Å². The van der Waals surface area contributed by atoms with Crippen molar-refractivity contribution < 1.29 is 9.90 Å². The van der Waals surface area contributed by atoms with Crippen LogP contribution >= 0.6 is 0 Å². The molecule has 68 heavy (non-hydrogen) atoms. The summed E-state index contributed by atoms with van der Waals surface area (Å²) in [5, 5.41) is 29.5. The van der Waals surface area contributed by atoms with Crippen LogP contribution in [0.2, 0.25) is 0 Å². The third kappa shape index (κ3) is 8.09. The molecule has 10 aromatic rings. The van der Waals surface area contributed by atoms with Gasteiger partial charge in [-0.25, -0.2) is 14.5 Å². The standard InChI is InChI=1S/C58H48N8O2/c1-64-42-44(40-59-64)51(37-38-65(56(67)68)41-43-23-9-2-10-24-43)52-39-53(61-57(45-25-11-3-12-26-45,46-27-13-4-14-28-46)47-29-15-5-16-30-47)60-55-54(52)62-63-66(55)58(48-31-17-6-18-32-48,49-33-19-7-20-34-49)50-35-21-8-22-36-50/h2-37,39-40,42H,38,41H2,1H3,(H,60,61)(H,67,68). The first-order valence-electron chi connectivity index (χ1n) is 22.5. The number of aryl methyl sites for hydroxylation is 1. The Hall–Kier alpha value is -8.89. The van der Waals surface area contributed by atoms with Crippen LogP contribution in [0.1, 0.15) is 50.1 Å². The molecule has 0 radical (unpaired) electrons. The summed E-state index contributed by atoms with van der Waals surface area (Å²) in [5.41, 5.74) is 7.93. The average Bonchev–Trinajstić information content (AvgIpc) is 4.04. The molecule has 0 unspecified atom stereocenters. The van der Waals surface area contributed by atoms with Crippen molar-refractivity contribution in [3.8, 4) is 0 Å². The lowest BCUT2D eigenvalue weighted by Crippen LogP contribution is -2.39. The Labute approximate surface area is 395 Å². The van der Waals surface area contributed by atoms with Crippen molar-refractivity contribution in [3.63, 3.8) is 0 Å². The van der Waals surface area contributed by atoms with Crippen LogP contribution in [0.3, 0.4) is 0 Å². The molecule has 2 N–H and O–H groups in total. The molecule has 0 fully saturated rings. The van der Waals surface area contributed by atoms with Crippen molar-refractivity contribution in [2.24, 2.45) is 7.05 Å². The van der Waals surface area contributed by atoms with E-state index in [4.69, 9.17) is 15.3 Å². The van der Waals surface area contributed by atoms with Crippen LogP contribution in [0.4, 0.5) is 10.6 Å². The second-order valence-electron chi connectivity index (χ2n) is 16.7. The summed E-state index contributed by atoms with van der Waals surface area (Å²) in [6.45, 7) is 0.266. The second-order valence-corrected chi connectivity index (χ2v) is 16.7. The Balaban J connectivity index is 1.30. The Bertz CT molecular complexity index is 3100. The van der Waals surface area contributed by atoms with Gasteiger partial charge in [-0.3, -0.25) is 4.68 Å². The first kappa shape index (κ1) is 43.0. The lowest BCUT2D eigenvalue weighted by atomic mass is 9.77. The Kier molecular flexibility index (Phi) is 12.0. The van der Waals surface area contributed by atoms with Crippen LogP contribution in [0.5, 0.6) is 0 Å². The first-order chi connectivity index (χ1) is 33.4. The van der Waals surface area contributed by atoms with Crippen molar-refractivity contribution in [1.82, 2.24) is 34.7 Å². The molecule has 0 bridgehead atoms. The molecule has 10 heteroatoms. The zero-order valence-electron chi connectivity index (χ0n) is 37.4. The number of nitrogens with one attached hydrogen (secondary N) is 1. The highest BCUT2D eigenvalue weighted by atomic mass is 16.4. The molecule has 0 aliphatic carbocycles. The summed E-state index contributed by atoms with van der Waals surface area (Å²) in [5.74, 6) is 0.532. The van der Waals surface area contributed by atoms with E-state index in [-0.39, 0.29) is 13.1 Å². The Morgan fingerprint density at radius 1 is 0.632 bits per heavy atom. The maximum Gasteiger partial charge on any atom is 0.407 e. The van der Waals surface area contributed by atoms with Crippen LogP contribution in [0.15, 0.2) is 237 Å². The average molecular weight is 889 g/mol. The summed E-state index contributed by atoms with van der Waals surface area (Å²) < 4.78 is 3.69. The highest BCUT2D eigenvalue weighted by Crippen LogP contribution is 2.45. The van der Waals surface area contributed by atoms with Crippen molar-refractivity contribution >= 4 is 28.6 Å². The molecule has 0 aliphatic rings. The van der Waals surface area contributed by atoms with Crippen LogP contribution < -0.4 is 5.32 Å². The molecule has 0 atom stereocenters. The number of nitrogens with zero attached hydrogens (tertiary/aromatic N) is 7. The molecule has 0 saturated carbocycles. The summed E-state index contributed by atoms with van der Waals surface area (Å²) in [6, 6.07) is 73.9. The number of carbonyl (C=O) groups is 1. The van der Waals surface area contributed by atoms with Gasteiger partial charge in [-0.1, -0.05) is 224 Å². The minimum absolute atomic E-state index is 0.0686. The van der Waals surface area contributed by atoms with Crippen molar-refractivity contribution in [2.75, 3.05) is 11.9 Å². The Morgan fingerprint density at radius 2 is 1.07 bits per heavy atom. The van der Waals surface area contributed by atoms with Crippen molar-refractivity contribution in [3.05, 3.63) is 287 Å². The van der Waals surface area contributed by atoms with Gasteiger partial charge in [0, 0.05) is 37.5 Å². The largest absolute Gasteiger partial charge is 0.465 e. The predicted octanol–water partition coefficient (Wildman–Crippen LogP) is 11.4. The predicted molar refractivity (Wildman–Crippen MR) is 268 cm³/mol. The summed E-state index contributed by atoms with van der Waals surface area (Å²) >= 11 is 0. The molecular formula is C58H48N8O2. The van der Waals surface area contributed by atoms with Gasteiger partial charge < -0.3 is 15.3 Å². The fourth-order valence-corrected chi connectivity index (χ4v) is 9.44. The van der Waals surface area contributed by atoms with E-state index in [2.05, 4.69) is 120 Å². The lowest BCUT2D eigenvalue weighted by molar-refractivity contribution is 0.148. The molecule has 10 nitrogen and oxygen atoms in total. The lowest BCUT2D eigenvalue weighted by Gasteiger charge is -2.38. The molecule has 10 rings (SSSR count). The molecule has 332 valence electrons. The zero-order chi connectivity index (χ0) is 46.3. The van der Waals surface area contributed by atoms with E-state index in [0.29, 0.717) is 22.5 Å². The maximum atomic E-state index is 13.0. The van der Waals surface area contributed by atoms with Gasteiger partial charge in [-0.2, -0.15) is 5.10 Å². The Morgan fingerprint density at radius 3 is 1.50 bits per heavy atom. The highest BCUT2D eigenvalue weighted by molar-refractivity contribution is 5.94. The highest BCUT2D eigenvalue weighted by Gasteiger charge is 2.43. The topological polar surface area (TPSA) is 114 Å². The van der Waals surface area contributed by atoms with Gasteiger partial charge in [0.1, 0.15) is 22.4 Å². The minimum atomic E-state index is -1.06. The zero-order valence-corrected chi connectivity index (χ0v) is 37.4. The number of fused-ring (bicyclic) bond motifs is 1. The van der Waals surface area contributed by atoms with Crippen molar-refractivity contribution in [2.45, 2.75) is 17.6 Å².